The van der Waals surface area contributed by atoms with Gasteiger partial charge >= 0.3 is 0 Å². The highest BCUT2D eigenvalue weighted by molar-refractivity contribution is 7.84. The molecule has 1 heterocycles. The van der Waals surface area contributed by atoms with Crippen LogP contribution in [-0.2, 0) is 10.8 Å². The van der Waals surface area contributed by atoms with E-state index in [1.807, 2.05) is 0 Å². The van der Waals surface area contributed by atoms with E-state index >= 15 is 0 Å². The predicted molar refractivity (Wildman–Crippen MR) is 62.1 cm³/mol. The summed E-state index contributed by atoms with van der Waals surface area (Å²) < 4.78 is 10.9. The molecular formula is C10H22N2OS. The van der Waals surface area contributed by atoms with E-state index in [1.165, 1.54) is 13.0 Å². The van der Waals surface area contributed by atoms with Gasteiger partial charge in [0.2, 0.25) is 0 Å². The van der Waals surface area contributed by atoms with E-state index in [0.717, 1.165) is 31.8 Å². The van der Waals surface area contributed by atoms with Gasteiger partial charge in [0.25, 0.3) is 0 Å². The largest absolute Gasteiger partial charge is 0.313 e. The maximum atomic E-state index is 10.9. The molecule has 1 aliphatic rings. The normalized spacial score (nSPS) is 27.1. The molecule has 2 unspecified atom stereocenters. The Morgan fingerprint density at radius 1 is 1.50 bits per heavy atom. The fraction of sp³-hybridized carbons (Fsp3) is 1.00. The third-order valence-electron chi connectivity index (χ3n) is 2.71. The zero-order chi connectivity index (χ0) is 10.4. The molecule has 0 spiro atoms. The Labute approximate surface area is 89.7 Å². The molecule has 0 bridgehead atoms. The third kappa shape index (κ3) is 5.08. The van der Waals surface area contributed by atoms with Crippen LogP contribution in [0.25, 0.3) is 0 Å². The van der Waals surface area contributed by atoms with Gasteiger partial charge in [0.05, 0.1) is 0 Å². The molecule has 0 amide bonds. The van der Waals surface area contributed by atoms with Crippen molar-refractivity contribution in [1.29, 1.82) is 0 Å². The van der Waals surface area contributed by atoms with Gasteiger partial charge in [-0.25, -0.2) is 0 Å². The van der Waals surface area contributed by atoms with Crippen LogP contribution in [0.2, 0.25) is 0 Å². The highest BCUT2D eigenvalue weighted by Crippen LogP contribution is 2.01. The fourth-order valence-electron chi connectivity index (χ4n) is 1.77. The second-order valence-corrected chi connectivity index (χ2v) is 5.67. The monoisotopic (exact) mass is 218 g/mol. The van der Waals surface area contributed by atoms with Gasteiger partial charge in [-0.1, -0.05) is 0 Å². The first-order chi connectivity index (χ1) is 6.68. The molecule has 0 saturated carbocycles. The molecule has 2 atom stereocenters. The number of hydrogen-bond acceptors (Lipinski definition) is 3. The second kappa shape index (κ2) is 6.53. The van der Waals surface area contributed by atoms with Crippen LogP contribution < -0.4 is 5.32 Å². The highest BCUT2D eigenvalue weighted by atomic mass is 32.2. The van der Waals surface area contributed by atoms with Crippen LogP contribution in [0.15, 0.2) is 0 Å². The van der Waals surface area contributed by atoms with Crippen molar-refractivity contribution in [1.82, 2.24) is 10.2 Å². The first-order valence-electron chi connectivity index (χ1n) is 5.44. The summed E-state index contributed by atoms with van der Waals surface area (Å²) in [6, 6.07) is 0.653. The first kappa shape index (κ1) is 12.1. The Balaban J connectivity index is 2.14. The third-order valence-corrected chi connectivity index (χ3v) is 3.57. The minimum absolute atomic E-state index is 0.624. The molecule has 4 heteroatoms. The summed E-state index contributed by atoms with van der Waals surface area (Å²) in [5, 5.41) is 3.47. The molecule has 0 aromatic carbocycles. The molecule has 1 fully saturated rings. The van der Waals surface area contributed by atoms with Gasteiger partial charge in [-0.05, 0) is 32.9 Å². The smallest absolute Gasteiger partial charge is 0.0244 e. The lowest BCUT2D eigenvalue weighted by Gasteiger charge is -2.18. The molecule has 1 N–H and O–H groups in total. The summed E-state index contributed by atoms with van der Waals surface area (Å²) in [5.74, 6) is 0.847. The molecular weight excluding hydrogens is 196 g/mol. The van der Waals surface area contributed by atoms with Gasteiger partial charge < -0.3 is 10.2 Å². The molecule has 1 rings (SSSR count). The summed E-state index contributed by atoms with van der Waals surface area (Å²) in [5.41, 5.74) is 0. The van der Waals surface area contributed by atoms with Crippen LogP contribution >= 0.6 is 0 Å². The van der Waals surface area contributed by atoms with Gasteiger partial charge in [-0.2, -0.15) is 0 Å². The SMILES string of the molecule is CC1CCN(CCCS(C)=O)CCN1. The molecule has 1 aliphatic heterocycles. The van der Waals surface area contributed by atoms with Crippen LogP contribution in [0, 0.1) is 0 Å². The van der Waals surface area contributed by atoms with E-state index < -0.39 is 10.8 Å². The number of nitrogens with zero attached hydrogens (tertiary/aromatic N) is 1. The van der Waals surface area contributed by atoms with Crippen LogP contribution in [0.1, 0.15) is 19.8 Å². The van der Waals surface area contributed by atoms with Crippen molar-refractivity contribution in [2.75, 3.05) is 38.2 Å². The van der Waals surface area contributed by atoms with Crippen molar-refractivity contribution in [3.63, 3.8) is 0 Å². The van der Waals surface area contributed by atoms with E-state index in [2.05, 4.69) is 17.1 Å². The van der Waals surface area contributed by atoms with E-state index in [4.69, 9.17) is 0 Å². The summed E-state index contributed by atoms with van der Waals surface area (Å²) in [6.07, 6.45) is 4.08. The van der Waals surface area contributed by atoms with Crippen molar-refractivity contribution in [3.8, 4) is 0 Å². The van der Waals surface area contributed by atoms with E-state index in [0.29, 0.717) is 6.04 Å². The van der Waals surface area contributed by atoms with E-state index in [-0.39, 0.29) is 0 Å². The van der Waals surface area contributed by atoms with Crippen molar-refractivity contribution in [2.24, 2.45) is 0 Å². The zero-order valence-corrected chi connectivity index (χ0v) is 10.1. The second-order valence-electron chi connectivity index (χ2n) is 4.12. The standard InChI is InChI=1S/C10H22N2OS/c1-10-4-7-12(8-5-11-10)6-3-9-14(2)13/h10-11H,3-9H2,1-2H3. The minimum Gasteiger partial charge on any atom is -0.313 e. The number of hydrogen-bond donors (Lipinski definition) is 1. The lowest BCUT2D eigenvalue weighted by atomic mass is 10.2. The molecule has 3 nitrogen and oxygen atoms in total. The van der Waals surface area contributed by atoms with Gasteiger partial charge in [-0.15, -0.1) is 0 Å². The molecule has 84 valence electrons. The van der Waals surface area contributed by atoms with E-state index in [1.54, 1.807) is 6.26 Å². The summed E-state index contributed by atoms with van der Waals surface area (Å²) >= 11 is 0. The molecule has 0 aromatic rings. The average Bonchev–Trinajstić information content (AvgIpc) is 2.30. The quantitative estimate of drug-likeness (QED) is 0.743. The average molecular weight is 218 g/mol. The van der Waals surface area contributed by atoms with E-state index in [9.17, 15) is 4.21 Å². The molecule has 1 saturated heterocycles. The number of nitrogens with one attached hydrogen (secondary N) is 1. The molecule has 0 radical (unpaired) electrons. The van der Waals surface area contributed by atoms with Gasteiger partial charge in [0.1, 0.15) is 0 Å². The maximum Gasteiger partial charge on any atom is 0.0244 e. The van der Waals surface area contributed by atoms with Gasteiger partial charge in [-0.3, -0.25) is 4.21 Å². The maximum absolute atomic E-state index is 10.9. The highest BCUT2D eigenvalue weighted by Gasteiger charge is 2.12. The predicted octanol–water partition coefficient (Wildman–Crippen LogP) is 0.439. The molecule has 14 heavy (non-hydrogen) atoms. The Morgan fingerprint density at radius 3 is 3.00 bits per heavy atom. The first-order valence-corrected chi connectivity index (χ1v) is 7.17. The Kier molecular flexibility index (Phi) is 5.67. The number of rotatable bonds is 4. The summed E-state index contributed by atoms with van der Waals surface area (Å²) in [4.78, 5) is 2.48. The van der Waals surface area contributed by atoms with Crippen molar-refractivity contribution in [3.05, 3.63) is 0 Å². The van der Waals surface area contributed by atoms with Crippen molar-refractivity contribution >= 4 is 10.8 Å². The van der Waals surface area contributed by atoms with Crippen LogP contribution in [0.4, 0.5) is 0 Å². The Morgan fingerprint density at radius 2 is 2.29 bits per heavy atom. The van der Waals surface area contributed by atoms with Crippen molar-refractivity contribution < 1.29 is 4.21 Å². The Bertz CT molecular complexity index is 187. The van der Waals surface area contributed by atoms with Gasteiger partial charge in [0, 0.05) is 41.9 Å². The lowest BCUT2D eigenvalue weighted by Crippen LogP contribution is -2.30. The lowest BCUT2D eigenvalue weighted by molar-refractivity contribution is 0.292. The topological polar surface area (TPSA) is 32.3 Å². The zero-order valence-electron chi connectivity index (χ0n) is 9.29. The molecule has 0 aromatic heterocycles. The Hall–Kier alpha value is 0.0700. The van der Waals surface area contributed by atoms with Crippen molar-refractivity contribution in [2.45, 2.75) is 25.8 Å². The van der Waals surface area contributed by atoms with Crippen LogP contribution in [0.3, 0.4) is 0 Å². The summed E-state index contributed by atoms with van der Waals surface area (Å²) in [7, 11) is -0.624. The molecule has 0 aliphatic carbocycles. The fourth-order valence-corrected chi connectivity index (χ4v) is 2.31. The minimum atomic E-state index is -0.624. The van der Waals surface area contributed by atoms with Crippen LogP contribution in [-0.4, -0.2) is 53.3 Å². The van der Waals surface area contributed by atoms with Gasteiger partial charge in [0.15, 0.2) is 0 Å². The van der Waals surface area contributed by atoms with Crippen LogP contribution in [0.5, 0.6) is 0 Å². The summed E-state index contributed by atoms with van der Waals surface area (Å²) in [6.45, 7) is 6.76.